The molecule has 126 valence electrons. The molecule has 1 aliphatic rings. The minimum Gasteiger partial charge on any atom is -0.477 e. The molecule has 0 saturated carbocycles. The fourth-order valence-corrected chi connectivity index (χ4v) is 3.59. The number of morpholine rings is 1. The Kier molecular flexibility index (Phi) is 5.10. The molecule has 1 amide bonds. The number of halogens is 2. The van der Waals surface area contributed by atoms with Crippen LogP contribution in [-0.2, 0) is 4.74 Å². The summed E-state index contributed by atoms with van der Waals surface area (Å²) in [6, 6.07) is 8.23. The van der Waals surface area contributed by atoms with Crippen molar-refractivity contribution in [1.29, 1.82) is 0 Å². The molecule has 2 heterocycles. The van der Waals surface area contributed by atoms with Gasteiger partial charge in [-0.25, -0.2) is 4.79 Å². The SMILES string of the molecule is O=C(O)c1ccc(C(=O)N2CCOC(c3ccc(Cl)c(Cl)c3)C2)s1. The maximum atomic E-state index is 12.6. The van der Waals surface area contributed by atoms with Gasteiger partial charge < -0.3 is 14.7 Å². The van der Waals surface area contributed by atoms with Gasteiger partial charge in [0.2, 0.25) is 0 Å². The summed E-state index contributed by atoms with van der Waals surface area (Å²) in [7, 11) is 0. The highest BCUT2D eigenvalue weighted by atomic mass is 35.5. The molecule has 1 aliphatic heterocycles. The van der Waals surface area contributed by atoms with Crippen LogP contribution in [-0.4, -0.2) is 41.6 Å². The van der Waals surface area contributed by atoms with Gasteiger partial charge in [-0.2, -0.15) is 0 Å². The monoisotopic (exact) mass is 385 g/mol. The van der Waals surface area contributed by atoms with Gasteiger partial charge in [-0.1, -0.05) is 29.3 Å². The molecule has 8 heteroatoms. The number of hydrogen-bond acceptors (Lipinski definition) is 4. The lowest BCUT2D eigenvalue weighted by atomic mass is 10.1. The summed E-state index contributed by atoms with van der Waals surface area (Å²) in [5.74, 6) is -1.23. The third-order valence-corrected chi connectivity index (χ3v) is 5.50. The fourth-order valence-electron chi connectivity index (χ4n) is 2.47. The van der Waals surface area contributed by atoms with E-state index in [2.05, 4.69) is 0 Å². The first-order chi connectivity index (χ1) is 11.5. The Balaban J connectivity index is 1.75. The van der Waals surface area contributed by atoms with Crippen LogP contribution in [0.25, 0.3) is 0 Å². The lowest BCUT2D eigenvalue weighted by Gasteiger charge is -2.33. The molecule has 1 aromatic carbocycles. The van der Waals surface area contributed by atoms with Crippen molar-refractivity contribution in [2.45, 2.75) is 6.10 Å². The number of aromatic carboxylic acids is 1. The highest BCUT2D eigenvalue weighted by molar-refractivity contribution is 7.15. The van der Waals surface area contributed by atoms with E-state index < -0.39 is 5.97 Å². The second kappa shape index (κ2) is 7.11. The molecule has 24 heavy (non-hydrogen) atoms. The van der Waals surface area contributed by atoms with E-state index in [0.717, 1.165) is 16.9 Å². The summed E-state index contributed by atoms with van der Waals surface area (Å²) in [6.45, 7) is 1.22. The number of thiophene rings is 1. The molecule has 0 aliphatic carbocycles. The van der Waals surface area contributed by atoms with E-state index in [1.54, 1.807) is 23.1 Å². The highest BCUT2D eigenvalue weighted by Gasteiger charge is 2.27. The van der Waals surface area contributed by atoms with Crippen molar-refractivity contribution >= 4 is 46.4 Å². The van der Waals surface area contributed by atoms with Gasteiger partial charge in [0, 0.05) is 6.54 Å². The molecular weight excluding hydrogens is 373 g/mol. The summed E-state index contributed by atoms with van der Waals surface area (Å²) >= 11 is 12.9. The van der Waals surface area contributed by atoms with Gasteiger partial charge in [0.1, 0.15) is 11.0 Å². The van der Waals surface area contributed by atoms with Crippen LogP contribution in [0.4, 0.5) is 0 Å². The molecule has 0 spiro atoms. The number of carboxylic acids is 1. The number of ether oxygens (including phenoxy) is 1. The van der Waals surface area contributed by atoms with E-state index in [1.165, 1.54) is 6.07 Å². The number of carbonyl (C=O) groups excluding carboxylic acids is 1. The van der Waals surface area contributed by atoms with Crippen LogP contribution in [0.5, 0.6) is 0 Å². The van der Waals surface area contributed by atoms with E-state index in [-0.39, 0.29) is 16.9 Å². The summed E-state index contributed by atoms with van der Waals surface area (Å²) < 4.78 is 5.73. The first-order valence-electron chi connectivity index (χ1n) is 7.14. The summed E-state index contributed by atoms with van der Waals surface area (Å²) in [6.07, 6.45) is -0.295. The molecule has 0 radical (unpaired) electrons. The van der Waals surface area contributed by atoms with Gasteiger partial charge in [-0.05, 0) is 29.8 Å². The van der Waals surface area contributed by atoms with Crippen LogP contribution < -0.4 is 0 Å². The van der Waals surface area contributed by atoms with Crippen molar-refractivity contribution < 1.29 is 19.4 Å². The van der Waals surface area contributed by atoms with Gasteiger partial charge in [0.05, 0.1) is 28.1 Å². The molecule has 1 saturated heterocycles. The Hall–Kier alpha value is -1.60. The van der Waals surface area contributed by atoms with E-state index in [9.17, 15) is 9.59 Å². The lowest BCUT2D eigenvalue weighted by Crippen LogP contribution is -2.42. The minimum absolute atomic E-state index is 0.146. The molecule has 1 unspecified atom stereocenters. The quantitative estimate of drug-likeness (QED) is 0.867. The number of hydrogen-bond donors (Lipinski definition) is 1. The average molecular weight is 386 g/mol. The lowest BCUT2D eigenvalue weighted by molar-refractivity contribution is -0.0226. The van der Waals surface area contributed by atoms with E-state index >= 15 is 0 Å². The van der Waals surface area contributed by atoms with Gasteiger partial charge in [-0.3, -0.25) is 4.79 Å². The topological polar surface area (TPSA) is 66.8 Å². The summed E-state index contributed by atoms with van der Waals surface area (Å²) in [5.41, 5.74) is 0.847. The third kappa shape index (κ3) is 3.57. The van der Waals surface area contributed by atoms with E-state index in [1.807, 2.05) is 6.07 Å². The van der Waals surface area contributed by atoms with Crippen molar-refractivity contribution in [3.63, 3.8) is 0 Å². The molecule has 1 fully saturated rings. The normalized spacial score (nSPS) is 17.8. The second-order valence-corrected chi connectivity index (χ2v) is 7.15. The van der Waals surface area contributed by atoms with Gasteiger partial charge >= 0.3 is 5.97 Å². The number of rotatable bonds is 3. The zero-order chi connectivity index (χ0) is 17.3. The predicted octanol–water partition coefficient (Wildman–Crippen LogP) is 3.97. The molecule has 2 aromatic rings. The van der Waals surface area contributed by atoms with Crippen LogP contribution in [0.2, 0.25) is 10.0 Å². The molecule has 3 rings (SSSR count). The maximum Gasteiger partial charge on any atom is 0.345 e. The van der Waals surface area contributed by atoms with E-state index in [4.69, 9.17) is 33.0 Å². The van der Waals surface area contributed by atoms with E-state index in [0.29, 0.717) is 34.6 Å². The zero-order valence-electron chi connectivity index (χ0n) is 12.4. The molecular formula is C16H13Cl2NO4S. The molecule has 5 nitrogen and oxygen atoms in total. The smallest absolute Gasteiger partial charge is 0.345 e. The first kappa shape index (κ1) is 17.2. The van der Waals surface area contributed by atoms with Crippen LogP contribution in [0.3, 0.4) is 0 Å². The second-order valence-electron chi connectivity index (χ2n) is 5.25. The molecule has 1 N–H and O–H groups in total. The number of carbonyl (C=O) groups is 2. The number of amides is 1. The number of benzene rings is 1. The Morgan fingerprint density at radius 3 is 2.58 bits per heavy atom. The predicted molar refractivity (Wildman–Crippen MR) is 92.3 cm³/mol. The maximum absolute atomic E-state index is 12.6. The van der Waals surface area contributed by atoms with Gasteiger partial charge in [0.25, 0.3) is 5.91 Å². The van der Waals surface area contributed by atoms with Crippen molar-refractivity contribution in [3.05, 3.63) is 55.7 Å². The third-order valence-electron chi connectivity index (χ3n) is 3.70. The molecule has 1 aromatic heterocycles. The highest BCUT2D eigenvalue weighted by Crippen LogP contribution is 2.30. The number of carboxylic acid groups (broad SMARTS) is 1. The Morgan fingerprint density at radius 1 is 1.17 bits per heavy atom. The van der Waals surface area contributed by atoms with Crippen molar-refractivity contribution in [2.24, 2.45) is 0 Å². The van der Waals surface area contributed by atoms with Gasteiger partial charge in [0.15, 0.2) is 0 Å². The summed E-state index contributed by atoms with van der Waals surface area (Å²) in [4.78, 5) is 25.7. The standard InChI is InChI=1S/C16H13Cl2NO4S/c17-10-2-1-9(7-11(10)18)12-8-19(5-6-23-12)15(20)13-3-4-14(24-13)16(21)22/h1-4,7,12H,5-6,8H2,(H,21,22). The molecule has 0 bridgehead atoms. The van der Waals surface area contributed by atoms with Crippen LogP contribution in [0.15, 0.2) is 30.3 Å². The summed E-state index contributed by atoms with van der Waals surface area (Å²) in [5, 5.41) is 9.87. The van der Waals surface area contributed by atoms with Gasteiger partial charge in [-0.15, -0.1) is 11.3 Å². The fraction of sp³-hybridized carbons (Fsp3) is 0.250. The molecule has 1 atom stereocenters. The average Bonchev–Trinajstić information content (AvgIpc) is 3.07. The number of nitrogens with zero attached hydrogens (tertiary/aromatic N) is 1. The Labute approximate surface area is 152 Å². The van der Waals surface area contributed by atoms with Crippen LogP contribution in [0.1, 0.15) is 31.0 Å². The first-order valence-corrected chi connectivity index (χ1v) is 8.72. The van der Waals surface area contributed by atoms with Crippen molar-refractivity contribution in [1.82, 2.24) is 4.90 Å². The van der Waals surface area contributed by atoms with Crippen molar-refractivity contribution in [2.75, 3.05) is 19.7 Å². The minimum atomic E-state index is -1.03. The van der Waals surface area contributed by atoms with Crippen LogP contribution in [0, 0.1) is 0 Å². The van der Waals surface area contributed by atoms with Crippen LogP contribution >= 0.6 is 34.5 Å². The Bertz CT molecular complexity index is 792. The zero-order valence-corrected chi connectivity index (χ0v) is 14.7. The largest absolute Gasteiger partial charge is 0.477 e. The van der Waals surface area contributed by atoms with Crippen molar-refractivity contribution in [3.8, 4) is 0 Å². The Morgan fingerprint density at radius 2 is 1.92 bits per heavy atom.